The summed E-state index contributed by atoms with van der Waals surface area (Å²) >= 11 is 3.78. The zero-order chi connectivity index (χ0) is 22.8. The second-order valence-corrected chi connectivity index (χ2v) is 8.93. The Balaban J connectivity index is 0.00000306. The molecule has 5 nitrogen and oxygen atoms in total. The molecule has 1 aliphatic rings. The number of unbranched alkanes of at least 4 members (excludes halogenated alkanes) is 1. The van der Waals surface area contributed by atoms with Crippen molar-refractivity contribution in [2.24, 2.45) is 0 Å². The van der Waals surface area contributed by atoms with Gasteiger partial charge in [0.05, 0.1) is 38.4 Å². The van der Waals surface area contributed by atoms with E-state index in [9.17, 15) is 5.11 Å². The molecule has 33 heavy (non-hydrogen) atoms. The summed E-state index contributed by atoms with van der Waals surface area (Å²) in [6, 6.07) is 8.40. The minimum atomic E-state index is -0.0480. The van der Waals surface area contributed by atoms with Crippen LogP contribution in [0.25, 0.3) is 22.0 Å². The first-order chi connectivity index (χ1) is 15.6. The molecule has 0 unspecified atom stereocenters. The number of benzene rings is 2. The van der Waals surface area contributed by atoms with Crippen molar-refractivity contribution in [2.45, 2.75) is 52.7 Å². The van der Waals surface area contributed by atoms with Crippen LogP contribution in [0.4, 0.5) is 0 Å². The van der Waals surface area contributed by atoms with Gasteiger partial charge in [-0.15, -0.1) is 0 Å². The molecule has 0 saturated heterocycles. The summed E-state index contributed by atoms with van der Waals surface area (Å²) in [5, 5.41) is 12.2. The van der Waals surface area contributed by atoms with E-state index in [-0.39, 0.29) is 14.0 Å². The first-order valence-electron chi connectivity index (χ1n) is 11.3. The summed E-state index contributed by atoms with van der Waals surface area (Å²) in [6.07, 6.45) is 4.07. The van der Waals surface area contributed by atoms with Crippen LogP contribution >= 0.6 is 15.9 Å². The lowest BCUT2D eigenvalue weighted by Gasteiger charge is -2.22. The Morgan fingerprint density at radius 2 is 1.85 bits per heavy atom. The number of halogens is 1. The number of nitrogens with zero attached hydrogens (tertiary/aromatic N) is 1. The molecule has 0 spiro atoms. The first kappa shape index (κ1) is 25.3. The molecule has 4 rings (SSSR count). The van der Waals surface area contributed by atoms with Crippen molar-refractivity contribution in [1.29, 1.82) is 0 Å². The van der Waals surface area contributed by atoms with Gasteiger partial charge in [-0.05, 0) is 37.1 Å². The summed E-state index contributed by atoms with van der Waals surface area (Å²) in [4.78, 5) is 0. The Labute approximate surface area is 205 Å². The van der Waals surface area contributed by atoms with Crippen LogP contribution in [0.1, 0.15) is 43.5 Å². The number of ether oxygens (including phenoxy) is 3. The average Bonchev–Trinajstić information content (AvgIpc) is 2.81. The van der Waals surface area contributed by atoms with E-state index in [1.807, 2.05) is 13.0 Å². The Hall–Kier alpha value is -2.31. The van der Waals surface area contributed by atoms with E-state index in [4.69, 9.17) is 14.2 Å². The molecule has 2 aromatic carbocycles. The number of aromatic nitrogens is 1. The number of hydrogen-bond acceptors (Lipinski definition) is 4. The molecule has 178 valence electrons. The lowest BCUT2D eigenvalue weighted by atomic mass is 9.91. The molecule has 0 fully saturated rings. The van der Waals surface area contributed by atoms with Gasteiger partial charge in [-0.1, -0.05) is 29.3 Å². The highest BCUT2D eigenvalue weighted by Gasteiger charge is 2.32. The summed E-state index contributed by atoms with van der Waals surface area (Å²) in [6.45, 7) is 5.61. The molecule has 1 aromatic heterocycles. The Kier molecular flexibility index (Phi) is 8.24. The zero-order valence-corrected chi connectivity index (χ0v) is 21.8. The molecule has 0 bridgehead atoms. The summed E-state index contributed by atoms with van der Waals surface area (Å²) in [5.74, 6) is 2.28. The van der Waals surface area contributed by atoms with Gasteiger partial charge < -0.3 is 26.7 Å². The molecular formula is C27H34BrNO4. The summed E-state index contributed by atoms with van der Waals surface area (Å²) in [7, 11) is 3.38. The van der Waals surface area contributed by atoms with Crippen molar-refractivity contribution in [3.05, 3.63) is 53.0 Å². The van der Waals surface area contributed by atoms with Crippen LogP contribution in [0.5, 0.6) is 17.2 Å². The average molecular weight is 516 g/mol. The summed E-state index contributed by atoms with van der Waals surface area (Å²) in [5.41, 5.74) is 5.66. The van der Waals surface area contributed by atoms with E-state index in [2.05, 4.69) is 45.6 Å². The van der Waals surface area contributed by atoms with Crippen LogP contribution in [-0.2, 0) is 26.0 Å². The second kappa shape index (κ2) is 10.7. The van der Waals surface area contributed by atoms with Gasteiger partial charge in [-0.2, -0.15) is 4.57 Å². The topological polar surface area (TPSA) is 51.8 Å². The number of aliphatic hydroxyl groups is 1. The van der Waals surface area contributed by atoms with Gasteiger partial charge in [0.1, 0.15) is 5.75 Å². The molecule has 0 atom stereocenters. The fraction of sp³-hybridized carbons (Fsp3) is 0.407. The van der Waals surface area contributed by atoms with Crippen molar-refractivity contribution in [3.8, 4) is 28.5 Å². The molecule has 1 N–H and O–H groups in total. The molecule has 2 heterocycles. The van der Waals surface area contributed by atoms with Gasteiger partial charge in [0, 0.05) is 34.3 Å². The SMILES string of the molecule is CCCCc1c2c(OC)c(OC)cc(Br)c2cc2[n+]1CCc1cc(OCC)c(CO)cc1-2.[CH3-]. The molecule has 1 aliphatic heterocycles. The Morgan fingerprint density at radius 1 is 1.06 bits per heavy atom. The van der Waals surface area contributed by atoms with Crippen molar-refractivity contribution in [2.75, 3.05) is 20.8 Å². The third kappa shape index (κ3) is 4.43. The van der Waals surface area contributed by atoms with E-state index in [1.165, 1.54) is 11.3 Å². The number of rotatable bonds is 8. The van der Waals surface area contributed by atoms with Crippen LogP contribution < -0.4 is 18.8 Å². The van der Waals surface area contributed by atoms with Crippen LogP contribution in [0.15, 0.2) is 28.7 Å². The third-order valence-electron chi connectivity index (χ3n) is 6.25. The fourth-order valence-corrected chi connectivity index (χ4v) is 5.26. The lowest BCUT2D eigenvalue weighted by molar-refractivity contribution is -0.693. The third-order valence-corrected chi connectivity index (χ3v) is 6.91. The van der Waals surface area contributed by atoms with Gasteiger partial charge >= 0.3 is 0 Å². The van der Waals surface area contributed by atoms with Gasteiger partial charge in [-0.25, -0.2) is 0 Å². The molecular weight excluding hydrogens is 482 g/mol. The molecule has 3 aromatic rings. The monoisotopic (exact) mass is 515 g/mol. The minimum absolute atomic E-state index is 0. The van der Waals surface area contributed by atoms with Crippen molar-refractivity contribution in [1.82, 2.24) is 0 Å². The quantitative estimate of drug-likeness (QED) is 0.303. The molecule has 0 saturated carbocycles. The molecule has 0 amide bonds. The minimum Gasteiger partial charge on any atom is -0.493 e. The molecule has 6 heteroatoms. The largest absolute Gasteiger partial charge is 0.493 e. The zero-order valence-electron chi connectivity index (χ0n) is 20.3. The van der Waals surface area contributed by atoms with Gasteiger partial charge in [-0.3, -0.25) is 0 Å². The van der Waals surface area contributed by atoms with Crippen LogP contribution in [0.3, 0.4) is 0 Å². The maximum absolute atomic E-state index is 9.98. The standard InChI is InChI=1S/C26H31BrNO4.CH3/c1-5-7-8-21-25-19(20(27)14-24(30-3)26(25)31-4)13-22-18-11-17(15-29)23(32-6-2)12-16(18)9-10-28(21)22;/h11-14,29H,5-10,15H2,1-4H3;1H3/q+1;-1. The van der Waals surface area contributed by atoms with E-state index >= 15 is 0 Å². The Bertz CT molecular complexity index is 1160. The van der Waals surface area contributed by atoms with Crippen molar-refractivity contribution < 1.29 is 23.9 Å². The molecule has 0 radical (unpaired) electrons. The van der Waals surface area contributed by atoms with E-state index < -0.39 is 0 Å². The molecule has 0 aliphatic carbocycles. The number of fused-ring (bicyclic) bond motifs is 4. The highest BCUT2D eigenvalue weighted by molar-refractivity contribution is 9.10. The normalized spacial score (nSPS) is 12.1. The first-order valence-corrected chi connectivity index (χ1v) is 12.1. The highest BCUT2D eigenvalue weighted by atomic mass is 79.9. The van der Waals surface area contributed by atoms with Gasteiger partial charge in [0.2, 0.25) is 5.69 Å². The number of pyridine rings is 1. The van der Waals surface area contributed by atoms with E-state index in [0.717, 1.165) is 81.5 Å². The smallest absolute Gasteiger partial charge is 0.213 e. The van der Waals surface area contributed by atoms with Gasteiger partial charge in [0.25, 0.3) is 0 Å². The predicted octanol–water partition coefficient (Wildman–Crippen LogP) is 5.81. The van der Waals surface area contributed by atoms with E-state index in [0.29, 0.717) is 6.61 Å². The Morgan fingerprint density at radius 3 is 2.48 bits per heavy atom. The maximum Gasteiger partial charge on any atom is 0.213 e. The van der Waals surface area contributed by atoms with Crippen LogP contribution in [0, 0.1) is 7.43 Å². The summed E-state index contributed by atoms with van der Waals surface area (Å²) < 4.78 is 20.7. The van der Waals surface area contributed by atoms with Crippen LogP contribution in [-0.4, -0.2) is 25.9 Å². The fourth-order valence-electron chi connectivity index (χ4n) is 4.74. The van der Waals surface area contributed by atoms with Crippen molar-refractivity contribution in [3.63, 3.8) is 0 Å². The second-order valence-electron chi connectivity index (χ2n) is 8.07. The number of hydrogen-bond donors (Lipinski definition) is 1. The number of aryl methyl sites for hydroxylation is 2. The van der Waals surface area contributed by atoms with E-state index in [1.54, 1.807) is 14.2 Å². The maximum atomic E-state index is 9.98. The predicted molar refractivity (Wildman–Crippen MR) is 136 cm³/mol. The highest BCUT2D eigenvalue weighted by Crippen LogP contribution is 2.44. The lowest BCUT2D eigenvalue weighted by Crippen LogP contribution is -2.44. The number of aliphatic hydroxyl groups excluding tert-OH is 1. The number of methoxy groups -OCH3 is 2. The van der Waals surface area contributed by atoms with Crippen molar-refractivity contribution >= 4 is 26.7 Å². The van der Waals surface area contributed by atoms with Crippen LogP contribution in [0.2, 0.25) is 0 Å². The van der Waals surface area contributed by atoms with Gasteiger partial charge in [0.15, 0.2) is 23.7 Å².